The first-order valence-electron chi connectivity index (χ1n) is 7.95. The summed E-state index contributed by atoms with van der Waals surface area (Å²) in [5.41, 5.74) is 1.82. The molecule has 2 aromatic rings. The van der Waals surface area contributed by atoms with E-state index in [2.05, 4.69) is 4.98 Å². The van der Waals surface area contributed by atoms with Crippen molar-refractivity contribution in [1.82, 2.24) is 9.88 Å². The van der Waals surface area contributed by atoms with E-state index in [1.807, 2.05) is 35.2 Å². The molecule has 5 nitrogen and oxygen atoms in total. The maximum absolute atomic E-state index is 12.5. The maximum atomic E-state index is 12.5. The molecule has 0 atom stereocenters. The van der Waals surface area contributed by atoms with E-state index in [1.165, 1.54) is 0 Å². The highest BCUT2D eigenvalue weighted by Crippen LogP contribution is 2.22. The Morgan fingerprint density at radius 2 is 1.91 bits per heavy atom. The molecule has 1 aliphatic heterocycles. The van der Waals surface area contributed by atoms with Crippen molar-refractivity contribution in [2.24, 2.45) is 5.92 Å². The van der Waals surface area contributed by atoms with Crippen LogP contribution in [0.4, 0.5) is 0 Å². The van der Waals surface area contributed by atoms with E-state index in [-0.39, 0.29) is 18.2 Å². The van der Waals surface area contributed by atoms with Crippen molar-refractivity contribution in [2.45, 2.75) is 25.7 Å². The van der Waals surface area contributed by atoms with E-state index in [4.69, 9.17) is 5.11 Å². The van der Waals surface area contributed by atoms with Gasteiger partial charge in [0.1, 0.15) is 0 Å². The molecule has 1 fully saturated rings. The number of carbonyl (C=O) groups excluding carboxylic acids is 1. The fraction of sp³-hybridized carbons (Fsp3) is 0.389. The summed E-state index contributed by atoms with van der Waals surface area (Å²) < 4.78 is 0. The molecule has 1 aromatic carbocycles. The Kier molecular flexibility index (Phi) is 4.55. The molecule has 0 spiro atoms. The Labute approximate surface area is 134 Å². The van der Waals surface area contributed by atoms with Gasteiger partial charge in [-0.25, -0.2) is 0 Å². The van der Waals surface area contributed by atoms with Crippen molar-refractivity contribution < 1.29 is 14.7 Å². The highest BCUT2D eigenvalue weighted by atomic mass is 16.4. The number of rotatable bonds is 4. The molecule has 0 saturated carbocycles. The molecule has 0 bridgehead atoms. The van der Waals surface area contributed by atoms with Gasteiger partial charge in [0.2, 0.25) is 5.91 Å². The van der Waals surface area contributed by atoms with Crippen LogP contribution in [0.25, 0.3) is 10.9 Å². The van der Waals surface area contributed by atoms with Crippen molar-refractivity contribution >= 4 is 22.8 Å². The number of fused-ring (bicyclic) bond motifs is 1. The van der Waals surface area contributed by atoms with Gasteiger partial charge in [0.25, 0.3) is 0 Å². The average molecular weight is 312 g/mol. The van der Waals surface area contributed by atoms with Gasteiger partial charge in [-0.1, -0.05) is 24.3 Å². The van der Waals surface area contributed by atoms with Gasteiger partial charge >= 0.3 is 5.97 Å². The topological polar surface area (TPSA) is 70.5 Å². The molecular formula is C18H20N2O3. The normalized spacial score (nSPS) is 15.7. The second-order valence-electron chi connectivity index (χ2n) is 6.09. The second kappa shape index (κ2) is 6.77. The van der Waals surface area contributed by atoms with Crippen molar-refractivity contribution in [3.63, 3.8) is 0 Å². The van der Waals surface area contributed by atoms with Gasteiger partial charge in [-0.3, -0.25) is 14.6 Å². The molecule has 1 aromatic heterocycles. The van der Waals surface area contributed by atoms with Gasteiger partial charge in [-0.15, -0.1) is 0 Å². The lowest BCUT2D eigenvalue weighted by molar-refractivity contribution is -0.138. The van der Waals surface area contributed by atoms with E-state index >= 15 is 0 Å². The molecule has 2 heterocycles. The number of carboxylic acid groups (broad SMARTS) is 1. The zero-order valence-corrected chi connectivity index (χ0v) is 12.9. The molecular weight excluding hydrogens is 292 g/mol. The minimum Gasteiger partial charge on any atom is -0.481 e. The summed E-state index contributed by atoms with van der Waals surface area (Å²) in [5.74, 6) is -0.468. The summed E-state index contributed by atoms with van der Waals surface area (Å²) in [6.07, 6.45) is 3.83. The van der Waals surface area contributed by atoms with Crippen LogP contribution in [0.2, 0.25) is 0 Å². The van der Waals surface area contributed by atoms with Gasteiger partial charge in [0, 0.05) is 31.1 Å². The summed E-state index contributed by atoms with van der Waals surface area (Å²) in [5, 5.41) is 9.89. The standard InChI is InChI=1S/C18H20N2O3/c21-16(20-9-6-13(7-10-20)11-17(22)23)12-15-4-1-3-14-5-2-8-19-18(14)15/h1-5,8,13H,6-7,9-12H2,(H,22,23). The average Bonchev–Trinajstić information content (AvgIpc) is 2.55. The first-order valence-corrected chi connectivity index (χ1v) is 7.95. The monoisotopic (exact) mass is 312 g/mol. The van der Waals surface area contributed by atoms with E-state index in [9.17, 15) is 9.59 Å². The molecule has 1 aliphatic rings. The van der Waals surface area contributed by atoms with Crippen LogP contribution in [-0.4, -0.2) is 40.0 Å². The van der Waals surface area contributed by atoms with Crippen LogP contribution in [0.3, 0.4) is 0 Å². The maximum Gasteiger partial charge on any atom is 0.303 e. The SMILES string of the molecule is O=C(O)CC1CCN(C(=O)Cc2cccc3cccnc23)CC1. The van der Waals surface area contributed by atoms with Gasteiger partial charge in [-0.05, 0) is 30.4 Å². The molecule has 0 radical (unpaired) electrons. The molecule has 1 N–H and O–H groups in total. The van der Waals surface area contributed by atoms with E-state index in [1.54, 1.807) is 6.20 Å². The van der Waals surface area contributed by atoms with Crippen molar-refractivity contribution in [2.75, 3.05) is 13.1 Å². The van der Waals surface area contributed by atoms with E-state index in [0.717, 1.165) is 29.3 Å². The van der Waals surface area contributed by atoms with Crippen LogP contribution in [-0.2, 0) is 16.0 Å². The number of hydrogen-bond acceptors (Lipinski definition) is 3. The van der Waals surface area contributed by atoms with Crippen molar-refractivity contribution in [1.29, 1.82) is 0 Å². The molecule has 23 heavy (non-hydrogen) atoms. The predicted octanol–water partition coefficient (Wildman–Crippen LogP) is 2.49. The molecule has 0 unspecified atom stereocenters. The molecule has 1 saturated heterocycles. The van der Waals surface area contributed by atoms with E-state index in [0.29, 0.717) is 19.5 Å². The number of piperidine rings is 1. The van der Waals surface area contributed by atoms with Crippen molar-refractivity contribution in [3.8, 4) is 0 Å². The third-order valence-corrected chi connectivity index (χ3v) is 4.49. The van der Waals surface area contributed by atoms with Crippen LogP contribution in [0.1, 0.15) is 24.8 Å². The van der Waals surface area contributed by atoms with Crippen LogP contribution in [0.15, 0.2) is 36.5 Å². The lowest BCUT2D eigenvalue weighted by atomic mass is 9.93. The number of aromatic nitrogens is 1. The van der Waals surface area contributed by atoms with Crippen LogP contribution in [0.5, 0.6) is 0 Å². The van der Waals surface area contributed by atoms with Crippen LogP contribution in [0, 0.1) is 5.92 Å². The zero-order chi connectivity index (χ0) is 16.2. The summed E-state index contributed by atoms with van der Waals surface area (Å²) >= 11 is 0. The number of carboxylic acids is 1. The number of likely N-dealkylation sites (tertiary alicyclic amines) is 1. The first-order chi connectivity index (χ1) is 11.1. The zero-order valence-electron chi connectivity index (χ0n) is 12.9. The highest BCUT2D eigenvalue weighted by Gasteiger charge is 2.24. The smallest absolute Gasteiger partial charge is 0.303 e. The van der Waals surface area contributed by atoms with Gasteiger partial charge < -0.3 is 10.0 Å². The number of hydrogen-bond donors (Lipinski definition) is 1. The number of carbonyl (C=O) groups is 2. The number of pyridine rings is 1. The third kappa shape index (κ3) is 3.67. The molecule has 3 rings (SSSR count). The minimum absolute atomic E-state index is 0.0944. The van der Waals surface area contributed by atoms with Gasteiger partial charge in [0.15, 0.2) is 0 Å². The van der Waals surface area contributed by atoms with E-state index < -0.39 is 5.97 Å². The molecule has 120 valence electrons. The Balaban J connectivity index is 1.64. The number of aliphatic carboxylic acids is 1. The van der Waals surface area contributed by atoms with Gasteiger partial charge in [0.05, 0.1) is 11.9 Å². The summed E-state index contributed by atoms with van der Waals surface area (Å²) in [4.78, 5) is 29.5. The Morgan fingerprint density at radius 1 is 1.17 bits per heavy atom. The van der Waals surface area contributed by atoms with Gasteiger partial charge in [-0.2, -0.15) is 0 Å². The van der Waals surface area contributed by atoms with Crippen LogP contribution < -0.4 is 0 Å². The Morgan fingerprint density at radius 3 is 2.65 bits per heavy atom. The summed E-state index contributed by atoms with van der Waals surface area (Å²) in [7, 11) is 0. The third-order valence-electron chi connectivity index (χ3n) is 4.49. The quantitative estimate of drug-likeness (QED) is 0.941. The Bertz CT molecular complexity index is 716. The number of para-hydroxylation sites is 1. The number of amides is 1. The van der Waals surface area contributed by atoms with Crippen molar-refractivity contribution in [3.05, 3.63) is 42.1 Å². The first kappa shape index (κ1) is 15.5. The fourth-order valence-corrected chi connectivity index (χ4v) is 3.22. The highest BCUT2D eigenvalue weighted by molar-refractivity contribution is 5.87. The number of benzene rings is 1. The lowest BCUT2D eigenvalue weighted by Crippen LogP contribution is -2.39. The second-order valence-corrected chi connectivity index (χ2v) is 6.09. The fourth-order valence-electron chi connectivity index (χ4n) is 3.22. The van der Waals surface area contributed by atoms with Crippen LogP contribution >= 0.6 is 0 Å². The molecule has 1 amide bonds. The largest absolute Gasteiger partial charge is 0.481 e. The summed E-state index contributed by atoms with van der Waals surface area (Å²) in [6.45, 7) is 1.30. The molecule has 5 heteroatoms. The summed E-state index contributed by atoms with van der Waals surface area (Å²) in [6, 6.07) is 9.78. The lowest BCUT2D eigenvalue weighted by Gasteiger charge is -2.31. The number of nitrogens with zero attached hydrogens (tertiary/aromatic N) is 2. The minimum atomic E-state index is -0.753. The predicted molar refractivity (Wildman–Crippen MR) is 87.0 cm³/mol. The Hall–Kier alpha value is -2.43. The molecule has 0 aliphatic carbocycles.